The van der Waals surface area contributed by atoms with E-state index in [1.807, 2.05) is 31.2 Å². The number of hydrogen-bond acceptors (Lipinski definition) is 5. The van der Waals surface area contributed by atoms with Gasteiger partial charge in [0, 0.05) is 17.7 Å². The second-order valence-electron chi connectivity index (χ2n) is 5.02. The average Bonchev–Trinajstić information content (AvgIpc) is 2.79. The van der Waals surface area contributed by atoms with Crippen LogP contribution in [0.3, 0.4) is 0 Å². The first-order valence-electron chi connectivity index (χ1n) is 7.33. The molecule has 0 fully saturated rings. The van der Waals surface area contributed by atoms with Crippen LogP contribution in [0, 0.1) is 5.41 Å². The smallest absolute Gasteiger partial charge is 0.213 e. The Morgan fingerprint density at radius 3 is 2.70 bits per heavy atom. The van der Waals surface area contributed by atoms with Crippen molar-refractivity contribution in [2.45, 2.75) is 26.2 Å². The molecule has 2 N–H and O–H groups in total. The quantitative estimate of drug-likeness (QED) is 0.601. The summed E-state index contributed by atoms with van der Waals surface area (Å²) in [4.78, 5) is 4.76. The Morgan fingerprint density at radius 2 is 2.00 bits per heavy atom. The van der Waals surface area contributed by atoms with Crippen molar-refractivity contribution in [1.29, 1.82) is 5.41 Å². The van der Waals surface area contributed by atoms with Crippen molar-refractivity contribution in [3.63, 3.8) is 0 Å². The molecular formula is C16H21Cl2N3OS. The normalized spacial score (nSPS) is 12.7. The molecule has 0 bridgehead atoms. The molecule has 1 aromatic heterocycles. The lowest BCUT2D eigenvalue weighted by molar-refractivity contribution is 0.325. The molecule has 0 atom stereocenters. The van der Waals surface area contributed by atoms with Crippen LogP contribution in [0.5, 0.6) is 0 Å². The van der Waals surface area contributed by atoms with Crippen LogP contribution in [0.2, 0.25) is 0 Å². The Hall–Kier alpha value is -1.30. The largest absolute Gasteiger partial charge is 0.478 e. The lowest BCUT2D eigenvalue weighted by atomic mass is 10.1. The molecule has 0 saturated carbocycles. The van der Waals surface area contributed by atoms with E-state index in [1.165, 1.54) is 23.5 Å². The molecular weight excluding hydrogens is 353 g/mol. The molecule has 23 heavy (non-hydrogen) atoms. The Bertz CT molecular complexity index is 620. The van der Waals surface area contributed by atoms with E-state index < -0.39 is 0 Å². The lowest BCUT2D eigenvalue weighted by Crippen LogP contribution is -2.04. The highest BCUT2D eigenvalue weighted by molar-refractivity contribution is 7.19. The van der Waals surface area contributed by atoms with Gasteiger partial charge in [0.25, 0.3) is 0 Å². The predicted octanol–water partition coefficient (Wildman–Crippen LogP) is 4.76. The number of aromatic nitrogens is 1. The average molecular weight is 374 g/mol. The van der Waals surface area contributed by atoms with Crippen LogP contribution >= 0.6 is 36.2 Å². The first-order chi connectivity index (χ1) is 10.3. The number of thiazole rings is 1. The molecule has 1 aliphatic rings. The van der Waals surface area contributed by atoms with Gasteiger partial charge in [-0.25, -0.2) is 4.98 Å². The third-order valence-electron chi connectivity index (χ3n) is 3.51. The van der Waals surface area contributed by atoms with Gasteiger partial charge in [0.1, 0.15) is 10.0 Å². The van der Waals surface area contributed by atoms with E-state index in [9.17, 15) is 0 Å². The minimum absolute atomic E-state index is 0. The molecule has 0 saturated heterocycles. The molecule has 0 spiro atoms. The van der Waals surface area contributed by atoms with Crippen LogP contribution in [-0.4, -0.2) is 24.0 Å². The summed E-state index contributed by atoms with van der Waals surface area (Å²) in [7, 11) is 0. The highest BCUT2D eigenvalue weighted by Crippen LogP contribution is 2.34. The van der Waals surface area contributed by atoms with Crippen molar-refractivity contribution in [3.8, 4) is 10.6 Å². The molecule has 7 heteroatoms. The number of hydrogen-bond donors (Lipinski definition) is 2. The summed E-state index contributed by atoms with van der Waals surface area (Å²) in [6, 6.07) is 7.88. The summed E-state index contributed by atoms with van der Waals surface area (Å²) < 4.78 is 5.21. The van der Waals surface area contributed by atoms with Gasteiger partial charge >= 0.3 is 0 Å². The van der Waals surface area contributed by atoms with Crippen LogP contribution in [0.15, 0.2) is 24.3 Å². The molecule has 3 rings (SSSR count). The van der Waals surface area contributed by atoms with E-state index >= 15 is 0 Å². The second-order valence-corrected chi connectivity index (χ2v) is 6.02. The summed E-state index contributed by atoms with van der Waals surface area (Å²) in [5.41, 5.74) is 3.10. The van der Waals surface area contributed by atoms with E-state index in [0.29, 0.717) is 6.61 Å². The van der Waals surface area contributed by atoms with Crippen molar-refractivity contribution in [2.24, 2.45) is 0 Å². The zero-order valence-electron chi connectivity index (χ0n) is 12.9. The summed E-state index contributed by atoms with van der Waals surface area (Å²) >= 11 is 1.72. The second kappa shape index (κ2) is 9.11. The van der Waals surface area contributed by atoms with Gasteiger partial charge in [-0.3, -0.25) is 5.41 Å². The molecule has 126 valence electrons. The predicted molar refractivity (Wildman–Crippen MR) is 102 cm³/mol. The topological polar surface area (TPSA) is 58.0 Å². The molecule has 2 aromatic rings. The SMILES string of the molecule is CCOC(=N)c1ccc(-c2nc3c(s2)NCCCC3)cc1.Cl.Cl. The Morgan fingerprint density at radius 1 is 1.26 bits per heavy atom. The zero-order chi connectivity index (χ0) is 14.7. The van der Waals surface area contributed by atoms with Gasteiger partial charge in [0.05, 0.1) is 12.3 Å². The number of nitrogens with one attached hydrogen (secondary N) is 2. The molecule has 0 amide bonds. The first-order valence-corrected chi connectivity index (χ1v) is 8.15. The van der Waals surface area contributed by atoms with Gasteiger partial charge in [-0.1, -0.05) is 23.5 Å². The third-order valence-corrected chi connectivity index (χ3v) is 4.61. The fourth-order valence-electron chi connectivity index (χ4n) is 2.39. The lowest BCUT2D eigenvalue weighted by Gasteiger charge is -2.05. The van der Waals surface area contributed by atoms with Gasteiger partial charge in [-0.05, 0) is 38.3 Å². The maximum Gasteiger partial charge on any atom is 0.213 e. The number of benzene rings is 1. The number of halogens is 2. The van der Waals surface area contributed by atoms with Gasteiger partial charge < -0.3 is 10.1 Å². The summed E-state index contributed by atoms with van der Waals surface area (Å²) in [6.07, 6.45) is 3.48. The van der Waals surface area contributed by atoms with Crippen molar-refractivity contribution < 1.29 is 4.74 Å². The van der Waals surface area contributed by atoms with Crippen LogP contribution in [0.1, 0.15) is 31.0 Å². The van der Waals surface area contributed by atoms with Gasteiger partial charge in [-0.15, -0.1) is 24.8 Å². The first kappa shape index (κ1) is 19.7. The van der Waals surface area contributed by atoms with Crippen molar-refractivity contribution in [2.75, 3.05) is 18.5 Å². The number of ether oxygens (including phenoxy) is 1. The number of aryl methyl sites for hydroxylation is 1. The van der Waals surface area contributed by atoms with Crippen LogP contribution < -0.4 is 5.32 Å². The summed E-state index contributed by atoms with van der Waals surface area (Å²) in [6.45, 7) is 3.45. The van der Waals surface area contributed by atoms with Gasteiger partial charge in [0.15, 0.2) is 0 Å². The zero-order valence-corrected chi connectivity index (χ0v) is 15.4. The van der Waals surface area contributed by atoms with Crippen LogP contribution in [0.4, 0.5) is 5.00 Å². The number of anilines is 1. The Labute approximate surface area is 153 Å². The monoisotopic (exact) mass is 373 g/mol. The number of rotatable bonds is 3. The maximum atomic E-state index is 7.79. The van der Waals surface area contributed by atoms with E-state index in [1.54, 1.807) is 11.3 Å². The van der Waals surface area contributed by atoms with E-state index in [0.717, 1.165) is 29.1 Å². The fraction of sp³-hybridized carbons (Fsp3) is 0.375. The van der Waals surface area contributed by atoms with Crippen LogP contribution in [-0.2, 0) is 11.2 Å². The molecule has 0 aliphatic carbocycles. The highest BCUT2D eigenvalue weighted by Gasteiger charge is 2.14. The molecule has 2 heterocycles. The Kier molecular flexibility index (Phi) is 7.82. The molecule has 0 unspecified atom stereocenters. The summed E-state index contributed by atoms with van der Waals surface area (Å²) in [5.74, 6) is 0.223. The van der Waals surface area contributed by atoms with E-state index in [-0.39, 0.29) is 30.7 Å². The number of fused-ring (bicyclic) bond motifs is 1. The van der Waals surface area contributed by atoms with Crippen molar-refractivity contribution in [1.82, 2.24) is 4.98 Å². The maximum absolute atomic E-state index is 7.79. The molecule has 4 nitrogen and oxygen atoms in total. The molecule has 1 aromatic carbocycles. The molecule has 1 aliphatic heterocycles. The van der Waals surface area contributed by atoms with Crippen LogP contribution in [0.25, 0.3) is 10.6 Å². The molecule has 0 radical (unpaired) electrons. The summed E-state index contributed by atoms with van der Waals surface area (Å²) in [5, 5.41) is 13.5. The third kappa shape index (κ3) is 4.59. The van der Waals surface area contributed by atoms with Crippen molar-refractivity contribution in [3.05, 3.63) is 35.5 Å². The van der Waals surface area contributed by atoms with E-state index in [2.05, 4.69) is 5.32 Å². The standard InChI is InChI=1S/C16H19N3OS.2ClH/c1-2-20-14(17)11-6-8-12(9-7-11)15-19-13-5-3-4-10-18-16(13)21-15;;/h6-9,17-18H,2-5,10H2,1H3;2*1H. The van der Waals surface area contributed by atoms with Gasteiger partial charge in [-0.2, -0.15) is 0 Å². The Balaban J connectivity index is 0.00000132. The minimum Gasteiger partial charge on any atom is -0.478 e. The fourth-order valence-corrected chi connectivity index (χ4v) is 3.44. The highest BCUT2D eigenvalue weighted by atomic mass is 35.5. The van der Waals surface area contributed by atoms with E-state index in [4.69, 9.17) is 15.1 Å². The minimum atomic E-state index is 0. The number of nitrogens with zero attached hydrogens (tertiary/aromatic N) is 1. The van der Waals surface area contributed by atoms with Gasteiger partial charge in [0.2, 0.25) is 5.90 Å². The van der Waals surface area contributed by atoms with Crippen molar-refractivity contribution >= 4 is 47.0 Å².